The van der Waals surface area contributed by atoms with Gasteiger partial charge in [0.2, 0.25) is 5.91 Å². The molecule has 152 valence electrons. The fourth-order valence-corrected chi connectivity index (χ4v) is 4.68. The van der Waals surface area contributed by atoms with Gasteiger partial charge in [-0.3, -0.25) is 4.79 Å². The molecule has 0 aliphatic carbocycles. The molecule has 2 aliphatic rings. The Bertz CT molecular complexity index is 1070. The minimum Gasteiger partial charge on any atom is -0.358 e. The smallest absolute Gasteiger partial charge is 0.227 e. The monoisotopic (exact) mass is 396 g/mol. The molecule has 0 radical (unpaired) electrons. The van der Waals surface area contributed by atoms with Crippen molar-refractivity contribution in [2.75, 3.05) is 19.6 Å². The zero-order valence-corrected chi connectivity index (χ0v) is 16.5. The number of hydrogen-bond donors (Lipinski definition) is 2. The minimum atomic E-state index is -0.283. The molecular formula is C21H25FN6O. The van der Waals surface area contributed by atoms with Gasteiger partial charge in [-0.25, -0.2) is 4.39 Å². The molecule has 0 saturated carbocycles. The number of nitrogens with zero attached hydrogens (tertiary/aromatic N) is 4. The zero-order chi connectivity index (χ0) is 20.0. The molecule has 1 amide bonds. The van der Waals surface area contributed by atoms with Gasteiger partial charge >= 0.3 is 0 Å². The Hall–Kier alpha value is -2.74. The van der Waals surface area contributed by atoms with E-state index in [4.69, 9.17) is 0 Å². The van der Waals surface area contributed by atoms with E-state index in [0.29, 0.717) is 6.54 Å². The van der Waals surface area contributed by atoms with Gasteiger partial charge in [-0.05, 0) is 43.5 Å². The molecule has 0 bridgehead atoms. The number of hydrogen-bond acceptors (Lipinski definition) is 4. The van der Waals surface area contributed by atoms with Gasteiger partial charge < -0.3 is 19.8 Å². The van der Waals surface area contributed by atoms with Gasteiger partial charge in [-0.2, -0.15) is 0 Å². The number of rotatable bonds is 3. The van der Waals surface area contributed by atoms with Crippen LogP contribution in [0.15, 0.2) is 18.2 Å². The normalized spacial score (nSPS) is 19.5. The van der Waals surface area contributed by atoms with Crippen LogP contribution in [0.3, 0.4) is 0 Å². The van der Waals surface area contributed by atoms with Crippen LogP contribution < -0.4 is 5.32 Å². The molecule has 2 N–H and O–H groups in total. The second-order valence-electron chi connectivity index (χ2n) is 8.08. The van der Waals surface area contributed by atoms with E-state index in [-0.39, 0.29) is 24.1 Å². The number of H-pyrrole nitrogens is 1. The number of likely N-dealkylation sites (tertiary alicyclic amines) is 1. The summed E-state index contributed by atoms with van der Waals surface area (Å²) in [5.41, 5.74) is 2.68. The maximum atomic E-state index is 13.7. The number of carbonyl (C=O) groups excluding carboxylic acids is 1. The van der Waals surface area contributed by atoms with Gasteiger partial charge in [-0.1, -0.05) is 0 Å². The Balaban J connectivity index is 1.35. The highest BCUT2D eigenvalue weighted by molar-refractivity contribution is 5.90. The standard InChI is InChI=1S/C21H25FN6O/c1-13-16(17-9-15(22)4-5-18(17)24-13)10-20(29)27-7-2-3-14(12-27)21-26-25-19-11-23-6-8-28(19)21/h4-5,9,14,23-24H,2-3,6-8,10-12H2,1H3/t14-/m1/s1. The lowest BCUT2D eigenvalue weighted by molar-refractivity contribution is -0.131. The minimum absolute atomic E-state index is 0.0861. The lowest BCUT2D eigenvalue weighted by Crippen LogP contribution is -2.41. The number of fused-ring (bicyclic) bond motifs is 2. The van der Waals surface area contributed by atoms with Crippen molar-refractivity contribution in [1.82, 2.24) is 30.0 Å². The Labute approximate surface area is 168 Å². The maximum Gasteiger partial charge on any atom is 0.227 e. The molecule has 1 saturated heterocycles. The molecule has 5 rings (SSSR count). The van der Waals surface area contributed by atoms with Gasteiger partial charge in [0.15, 0.2) is 0 Å². The van der Waals surface area contributed by atoms with Gasteiger partial charge in [0.1, 0.15) is 17.5 Å². The van der Waals surface area contributed by atoms with Crippen molar-refractivity contribution in [3.8, 4) is 0 Å². The number of nitrogens with one attached hydrogen (secondary N) is 2. The Kier molecular flexibility index (Phi) is 4.58. The maximum absolute atomic E-state index is 13.7. The molecule has 4 heterocycles. The number of aromatic nitrogens is 4. The molecule has 0 spiro atoms. The van der Waals surface area contributed by atoms with Crippen molar-refractivity contribution < 1.29 is 9.18 Å². The lowest BCUT2D eigenvalue weighted by Gasteiger charge is -2.33. The fourth-order valence-electron chi connectivity index (χ4n) is 4.68. The molecule has 2 aliphatic heterocycles. The highest BCUT2D eigenvalue weighted by atomic mass is 19.1. The quantitative estimate of drug-likeness (QED) is 0.712. The number of aryl methyl sites for hydroxylation is 1. The van der Waals surface area contributed by atoms with E-state index in [0.717, 1.165) is 72.8 Å². The Morgan fingerprint density at radius 2 is 2.21 bits per heavy atom. The van der Waals surface area contributed by atoms with Crippen LogP contribution in [0.4, 0.5) is 4.39 Å². The van der Waals surface area contributed by atoms with Crippen LogP contribution in [0.25, 0.3) is 10.9 Å². The zero-order valence-electron chi connectivity index (χ0n) is 16.5. The second-order valence-corrected chi connectivity index (χ2v) is 8.08. The van der Waals surface area contributed by atoms with Crippen LogP contribution in [-0.2, 0) is 24.3 Å². The summed E-state index contributed by atoms with van der Waals surface area (Å²) in [5, 5.41) is 12.9. The van der Waals surface area contributed by atoms with Crippen LogP contribution in [0, 0.1) is 12.7 Å². The van der Waals surface area contributed by atoms with Gasteiger partial charge in [0, 0.05) is 48.7 Å². The summed E-state index contributed by atoms with van der Waals surface area (Å²) >= 11 is 0. The SMILES string of the molecule is Cc1[nH]c2ccc(F)cc2c1CC(=O)N1CCC[C@@H](c2nnc3n2CCNC3)C1. The predicted molar refractivity (Wildman–Crippen MR) is 107 cm³/mol. The fraction of sp³-hybridized carbons (Fsp3) is 0.476. The summed E-state index contributed by atoms with van der Waals surface area (Å²) in [6.07, 6.45) is 2.26. The Morgan fingerprint density at radius 1 is 1.31 bits per heavy atom. The van der Waals surface area contributed by atoms with Crippen LogP contribution >= 0.6 is 0 Å². The summed E-state index contributed by atoms with van der Waals surface area (Å²) in [4.78, 5) is 18.3. The molecule has 7 nitrogen and oxygen atoms in total. The first-order valence-corrected chi connectivity index (χ1v) is 10.3. The third-order valence-corrected chi connectivity index (χ3v) is 6.20. The summed E-state index contributed by atoms with van der Waals surface area (Å²) in [5.74, 6) is 2.00. The van der Waals surface area contributed by atoms with Crippen molar-refractivity contribution in [2.45, 2.75) is 45.2 Å². The summed E-state index contributed by atoms with van der Waals surface area (Å²) in [6, 6.07) is 4.68. The molecule has 1 atom stereocenters. The van der Waals surface area contributed by atoms with Crippen LogP contribution in [0.1, 0.15) is 41.7 Å². The highest BCUT2D eigenvalue weighted by Crippen LogP contribution is 2.29. The molecule has 8 heteroatoms. The molecule has 2 aromatic heterocycles. The number of carbonyl (C=O) groups is 1. The molecule has 3 aromatic rings. The van der Waals surface area contributed by atoms with Crippen LogP contribution in [0.5, 0.6) is 0 Å². The number of halogens is 1. The average molecular weight is 396 g/mol. The summed E-state index contributed by atoms with van der Waals surface area (Å²) < 4.78 is 15.9. The second kappa shape index (κ2) is 7.26. The largest absolute Gasteiger partial charge is 0.358 e. The highest BCUT2D eigenvalue weighted by Gasteiger charge is 2.30. The van der Waals surface area contributed by atoms with E-state index in [1.807, 2.05) is 11.8 Å². The van der Waals surface area contributed by atoms with Crippen molar-refractivity contribution in [3.05, 3.63) is 46.9 Å². The van der Waals surface area contributed by atoms with E-state index in [1.165, 1.54) is 12.1 Å². The number of amides is 1. The number of piperidine rings is 1. The predicted octanol–water partition coefficient (Wildman–Crippen LogP) is 2.26. The van der Waals surface area contributed by atoms with Crippen molar-refractivity contribution in [3.63, 3.8) is 0 Å². The van der Waals surface area contributed by atoms with Gasteiger partial charge in [0.05, 0.1) is 13.0 Å². The van der Waals surface area contributed by atoms with Crippen LogP contribution in [0.2, 0.25) is 0 Å². The molecule has 1 fully saturated rings. The van der Waals surface area contributed by atoms with E-state index < -0.39 is 0 Å². The third-order valence-electron chi connectivity index (χ3n) is 6.20. The van der Waals surface area contributed by atoms with E-state index in [2.05, 4.69) is 25.1 Å². The van der Waals surface area contributed by atoms with Crippen molar-refractivity contribution in [1.29, 1.82) is 0 Å². The summed E-state index contributed by atoms with van der Waals surface area (Å²) in [7, 11) is 0. The Morgan fingerprint density at radius 3 is 3.10 bits per heavy atom. The molecule has 29 heavy (non-hydrogen) atoms. The van der Waals surface area contributed by atoms with E-state index in [9.17, 15) is 9.18 Å². The number of aromatic amines is 1. The molecule has 0 unspecified atom stereocenters. The van der Waals surface area contributed by atoms with Crippen molar-refractivity contribution >= 4 is 16.8 Å². The van der Waals surface area contributed by atoms with E-state index in [1.54, 1.807) is 6.07 Å². The number of benzene rings is 1. The first-order chi connectivity index (χ1) is 14.1. The van der Waals surface area contributed by atoms with Gasteiger partial charge in [0.25, 0.3) is 0 Å². The third kappa shape index (κ3) is 3.31. The first kappa shape index (κ1) is 18.3. The molecular weight excluding hydrogens is 371 g/mol. The summed E-state index contributed by atoms with van der Waals surface area (Å²) in [6.45, 7) is 5.91. The lowest BCUT2D eigenvalue weighted by atomic mass is 9.96. The van der Waals surface area contributed by atoms with Crippen molar-refractivity contribution in [2.24, 2.45) is 0 Å². The topological polar surface area (TPSA) is 78.8 Å². The van der Waals surface area contributed by atoms with E-state index >= 15 is 0 Å². The molecule has 1 aromatic carbocycles. The van der Waals surface area contributed by atoms with Gasteiger partial charge in [-0.15, -0.1) is 10.2 Å². The van der Waals surface area contributed by atoms with Crippen LogP contribution in [-0.4, -0.2) is 50.2 Å². The average Bonchev–Trinajstić information content (AvgIpc) is 3.29. The first-order valence-electron chi connectivity index (χ1n) is 10.3.